The average Bonchev–Trinajstić information content (AvgIpc) is 2.69. The minimum Gasteiger partial charge on any atom is -0.463 e. The summed E-state index contributed by atoms with van der Waals surface area (Å²) in [6, 6.07) is 9.44. The number of esters is 1. The number of hydrogen-bond acceptors (Lipinski definition) is 5. The van der Waals surface area contributed by atoms with Crippen molar-refractivity contribution < 1.29 is 19.4 Å². The first-order valence-electron chi connectivity index (χ1n) is 9.47. The fourth-order valence-corrected chi connectivity index (χ4v) is 3.65. The highest BCUT2D eigenvalue weighted by Gasteiger charge is 2.29. The zero-order valence-corrected chi connectivity index (χ0v) is 15.6. The molecule has 3 N–H and O–H groups in total. The largest absolute Gasteiger partial charge is 0.463 e. The zero-order valence-electron chi connectivity index (χ0n) is 15.6. The number of aliphatic hydroxyl groups is 1. The molecule has 3 rings (SSSR count). The quantitative estimate of drug-likeness (QED) is 0.659. The van der Waals surface area contributed by atoms with Gasteiger partial charge in [0.15, 0.2) is 0 Å². The van der Waals surface area contributed by atoms with Gasteiger partial charge in [0.1, 0.15) is 0 Å². The summed E-state index contributed by atoms with van der Waals surface area (Å²) in [5.74, 6) is -0.181. The standard InChI is InChI=1S/C20H27N3O4/c1-2-27-19(25)16-12-21-20(26)22-17(16)13-23-10-8-15(9-11-23)18(24)14-6-4-3-5-7-14/h3-7,15,18,24H,2,8-13H2,1H3,(H2,21,22,26)/t18-/m1/s1. The first-order chi connectivity index (χ1) is 13.1. The van der Waals surface area contributed by atoms with Crippen LogP contribution in [0.3, 0.4) is 0 Å². The Morgan fingerprint density at radius 1 is 1.30 bits per heavy atom. The van der Waals surface area contributed by atoms with Gasteiger partial charge in [0, 0.05) is 12.2 Å². The summed E-state index contributed by atoms with van der Waals surface area (Å²) < 4.78 is 5.09. The Hall–Kier alpha value is -2.38. The van der Waals surface area contributed by atoms with E-state index < -0.39 is 12.1 Å². The Morgan fingerprint density at radius 2 is 2.00 bits per heavy atom. The maximum atomic E-state index is 12.1. The van der Waals surface area contributed by atoms with E-state index in [2.05, 4.69) is 15.5 Å². The molecule has 0 saturated carbocycles. The normalized spacial score (nSPS) is 20.0. The molecular formula is C20H27N3O4. The number of urea groups is 1. The first kappa shape index (κ1) is 19.4. The van der Waals surface area contributed by atoms with Crippen LogP contribution in [-0.4, -0.2) is 54.8 Å². The maximum absolute atomic E-state index is 12.1. The van der Waals surface area contributed by atoms with Crippen molar-refractivity contribution in [1.82, 2.24) is 15.5 Å². The van der Waals surface area contributed by atoms with Gasteiger partial charge in [0.25, 0.3) is 0 Å². The van der Waals surface area contributed by atoms with E-state index in [9.17, 15) is 14.7 Å². The Kier molecular flexibility index (Phi) is 6.47. The van der Waals surface area contributed by atoms with Crippen LogP contribution in [0.2, 0.25) is 0 Å². The number of rotatable bonds is 6. The van der Waals surface area contributed by atoms with E-state index in [1.54, 1.807) is 6.92 Å². The van der Waals surface area contributed by atoms with Crippen LogP contribution in [-0.2, 0) is 9.53 Å². The van der Waals surface area contributed by atoms with Gasteiger partial charge in [-0.1, -0.05) is 30.3 Å². The van der Waals surface area contributed by atoms with E-state index in [1.165, 1.54) is 0 Å². The van der Waals surface area contributed by atoms with Gasteiger partial charge >= 0.3 is 12.0 Å². The summed E-state index contributed by atoms with van der Waals surface area (Å²) >= 11 is 0. The van der Waals surface area contributed by atoms with Crippen LogP contribution in [0.15, 0.2) is 41.6 Å². The van der Waals surface area contributed by atoms with E-state index in [-0.39, 0.29) is 18.5 Å². The van der Waals surface area contributed by atoms with E-state index >= 15 is 0 Å². The number of hydrogen-bond donors (Lipinski definition) is 3. The third-order valence-electron chi connectivity index (χ3n) is 5.18. The Balaban J connectivity index is 1.60. The van der Waals surface area contributed by atoms with Crippen molar-refractivity contribution in [2.45, 2.75) is 25.9 Å². The van der Waals surface area contributed by atoms with Crippen LogP contribution in [0.5, 0.6) is 0 Å². The van der Waals surface area contributed by atoms with Gasteiger partial charge in [0.05, 0.1) is 24.8 Å². The second-order valence-corrected chi connectivity index (χ2v) is 6.95. The number of nitrogens with one attached hydrogen (secondary N) is 2. The highest BCUT2D eigenvalue weighted by Crippen LogP contribution is 2.30. The lowest BCUT2D eigenvalue weighted by molar-refractivity contribution is -0.138. The van der Waals surface area contributed by atoms with E-state index in [1.807, 2.05) is 30.3 Å². The summed E-state index contributed by atoms with van der Waals surface area (Å²) in [7, 11) is 0. The van der Waals surface area contributed by atoms with Gasteiger partial charge in [-0.15, -0.1) is 0 Å². The molecule has 2 heterocycles. The molecule has 2 aliphatic rings. The average molecular weight is 373 g/mol. The highest BCUT2D eigenvalue weighted by atomic mass is 16.5. The molecule has 2 aliphatic heterocycles. The summed E-state index contributed by atoms with van der Waals surface area (Å²) in [4.78, 5) is 26.0. The number of amides is 2. The molecule has 0 aliphatic carbocycles. The number of carbonyl (C=O) groups is 2. The molecular weight excluding hydrogens is 346 g/mol. The molecule has 0 radical (unpaired) electrons. The number of ether oxygens (including phenoxy) is 1. The summed E-state index contributed by atoms with van der Waals surface area (Å²) in [5, 5.41) is 16.0. The fraction of sp³-hybridized carbons (Fsp3) is 0.500. The minimum atomic E-state index is -0.457. The zero-order chi connectivity index (χ0) is 19.2. The van der Waals surface area contributed by atoms with Crippen molar-refractivity contribution in [3.05, 3.63) is 47.2 Å². The lowest BCUT2D eigenvalue weighted by Gasteiger charge is -2.35. The van der Waals surface area contributed by atoms with Crippen molar-refractivity contribution in [2.75, 3.05) is 32.8 Å². The van der Waals surface area contributed by atoms with Gasteiger partial charge in [-0.25, -0.2) is 9.59 Å². The monoisotopic (exact) mass is 373 g/mol. The second-order valence-electron chi connectivity index (χ2n) is 6.95. The Labute approximate surface area is 159 Å². The summed E-state index contributed by atoms with van der Waals surface area (Å²) in [5.41, 5.74) is 2.04. The number of piperidine rings is 1. The lowest BCUT2D eigenvalue weighted by Crippen LogP contribution is -2.48. The van der Waals surface area contributed by atoms with E-state index in [4.69, 9.17) is 4.74 Å². The third-order valence-corrected chi connectivity index (χ3v) is 5.18. The molecule has 0 unspecified atom stereocenters. The van der Waals surface area contributed by atoms with Crippen molar-refractivity contribution in [2.24, 2.45) is 5.92 Å². The topological polar surface area (TPSA) is 90.9 Å². The molecule has 2 amide bonds. The fourth-order valence-electron chi connectivity index (χ4n) is 3.65. The smallest absolute Gasteiger partial charge is 0.337 e. The predicted octanol–water partition coefficient (Wildman–Crippen LogP) is 1.56. The van der Waals surface area contributed by atoms with Gasteiger partial charge in [-0.05, 0) is 44.3 Å². The van der Waals surface area contributed by atoms with Gasteiger partial charge in [-0.3, -0.25) is 4.90 Å². The highest BCUT2D eigenvalue weighted by molar-refractivity contribution is 5.93. The maximum Gasteiger partial charge on any atom is 0.337 e. The third kappa shape index (κ3) is 4.87. The lowest BCUT2D eigenvalue weighted by atomic mass is 9.87. The van der Waals surface area contributed by atoms with Crippen LogP contribution in [0.4, 0.5) is 4.79 Å². The molecule has 1 aromatic carbocycles. The first-order valence-corrected chi connectivity index (χ1v) is 9.47. The molecule has 0 spiro atoms. The van der Waals surface area contributed by atoms with Crippen LogP contribution in [0.25, 0.3) is 0 Å². The molecule has 1 saturated heterocycles. The Bertz CT molecular complexity index is 696. The number of aliphatic hydroxyl groups excluding tert-OH is 1. The molecule has 0 aromatic heterocycles. The number of carbonyl (C=O) groups excluding carboxylic acids is 2. The molecule has 7 nitrogen and oxygen atoms in total. The summed E-state index contributed by atoms with van der Waals surface area (Å²) in [6.45, 7) is 4.34. The number of nitrogens with zero attached hydrogens (tertiary/aromatic N) is 1. The van der Waals surface area contributed by atoms with Crippen molar-refractivity contribution in [1.29, 1.82) is 0 Å². The van der Waals surface area contributed by atoms with Crippen molar-refractivity contribution >= 4 is 12.0 Å². The molecule has 1 atom stereocenters. The van der Waals surface area contributed by atoms with Gasteiger partial charge in [-0.2, -0.15) is 0 Å². The van der Waals surface area contributed by atoms with Crippen LogP contribution >= 0.6 is 0 Å². The second kappa shape index (κ2) is 9.01. The molecule has 1 aromatic rings. The molecule has 0 bridgehead atoms. The van der Waals surface area contributed by atoms with Crippen molar-refractivity contribution in [3.63, 3.8) is 0 Å². The molecule has 27 heavy (non-hydrogen) atoms. The van der Waals surface area contributed by atoms with E-state index in [0.717, 1.165) is 31.5 Å². The van der Waals surface area contributed by atoms with Gasteiger partial charge in [0.2, 0.25) is 0 Å². The minimum absolute atomic E-state index is 0.184. The van der Waals surface area contributed by atoms with Gasteiger partial charge < -0.3 is 20.5 Å². The van der Waals surface area contributed by atoms with Crippen LogP contribution < -0.4 is 10.6 Å². The molecule has 146 valence electrons. The van der Waals surface area contributed by atoms with Crippen LogP contribution in [0.1, 0.15) is 31.4 Å². The van der Waals surface area contributed by atoms with Crippen molar-refractivity contribution in [3.8, 4) is 0 Å². The van der Waals surface area contributed by atoms with E-state index in [0.29, 0.717) is 24.4 Å². The van der Waals surface area contributed by atoms with Crippen LogP contribution in [0, 0.1) is 5.92 Å². The Morgan fingerprint density at radius 3 is 2.67 bits per heavy atom. The number of benzene rings is 1. The number of likely N-dealkylation sites (tertiary alicyclic amines) is 1. The molecule has 1 fully saturated rings. The SMILES string of the molecule is CCOC(=O)C1=C(CN2CCC([C@H](O)c3ccccc3)CC2)NC(=O)NC1. The summed E-state index contributed by atoms with van der Waals surface area (Å²) in [6.07, 6.45) is 1.27. The molecule has 7 heteroatoms. The predicted molar refractivity (Wildman–Crippen MR) is 101 cm³/mol.